The van der Waals surface area contributed by atoms with Crippen LogP contribution in [0.4, 0.5) is 0 Å². The fourth-order valence-corrected chi connectivity index (χ4v) is 1.17. The first-order chi connectivity index (χ1) is 7.10. The Bertz CT molecular complexity index is 364. The Balaban J connectivity index is 3.10. The van der Waals surface area contributed by atoms with Crippen molar-refractivity contribution in [1.29, 1.82) is 0 Å². The van der Waals surface area contributed by atoms with Crippen LogP contribution in [0, 0.1) is 0 Å². The number of aliphatic hydroxyl groups excluding tert-OH is 1. The zero-order chi connectivity index (χ0) is 11.4. The minimum Gasteiger partial charge on any atom is -0.507 e. The van der Waals surface area contributed by atoms with E-state index in [1.807, 2.05) is 0 Å². The average Bonchev–Trinajstić information content (AvgIpc) is 2.27. The Morgan fingerprint density at radius 2 is 2.27 bits per heavy atom. The summed E-state index contributed by atoms with van der Waals surface area (Å²) >= 11 is 0. The molecule has 0 aromatic heterocycles. The summed E-state index contributed by atoms with van der Waals surface area (Å²) < 4.78 is 4.47. The summed E-state index contributed by atoms with van der Waals surface area (Å²) in [6, 6.07) is 4.18. The topological polar surface area (TPSA) is 92.8 Å². The van der Waals surface area contributed by atoms with Crippen molar-refractivity contribution in [3.8, 4) is 5.75 Å². The molecule has 5 heteroatoms. The molecule has 0 aliphatic rings. The van der Waals surface area contributed by atoms with Gasteiger partial charge in [0.25, 0.3) is 0 Å². The van der Waals surface area contributed by atoms with E-state index < -0.39 is 12.1 Å². The van der Waals surface area contributed by atoms with Gasteiger partial charge in [-0.2, -0.15) is 0 Å². The van der Waals surface area contributed by atoms with Gasteiger partial charge in [-0.25, -0.2) is 4.79 Å². The van der Waals surface area contributed by atoms with E-state index in [0.29, 0.717) is 5.56 Å². The van der Waals surface area contributed by atoms with Crippen LogP contribution < -0.4 is 5.73 Å². The zero-order valence-corrected chi connectivity index (χ0v) is 8.30. The second kappa shape index (κ2) is 4.77. The molecule has 82 valence electrons. The van der Waals surface area contributed by atoms with Crippen molar-refractivity contribution in [2.24, 2.45) is 5.73 Å². The molecule has 0 heterocycles. The molecular formula is C10H13NO4. The summed E-state index contributed by atoms with van der Waals surface area (Å²) in [7, 11) is 1.22. The molecular weight excluding hydrogens is 198 g/mol. The molecule has 4 N–H and O–H groups in total. The summed E-state index contributed by atoms with van der Waals surface area (Å²) in [5, 5.41) is 18.8. The molecule has 0 aliphatic heterocycles. The highest BCUT2D eigenvalue weighted by Gasteiger charge is 2.14. The van der Waals surface area contributed by atoms with Crippen LogP contribution in [0.1, 0.15) is 22.0 Å². The molecule has 0 saturated heterocycles. The lowest BCUT2D eigenvalue weighted by molar-refractivity contribution is 0.0597. The van der Waals surface area contributed by atoms with Crippen LogP contribution in [0.2, 0.25) is 0 Å². The molecule has 0 aliphatic carbocycles. The first-order valence-corrected chi connectivity index (χ1v) is 4.39. The number of phenolic OH excluding ortho intramolecular Hbond substituents is 1. The SMILES string of the molecule is COC(=O)c1cc([C@@H](O)CN)ccc1O. The van der Waals surface area contributed by atoms with E-state index >= 15 is 0 Å². The molecule has 0 spiro atoms. The maximum atomic E-state index is 11.2. The van der Waals surface area contributed by atoms with E-state index in [2.05, 4.69) is 4.74 Å². The van der Waals surface area contributed by atoms with Gasteiger partial charge in [-0.1, -0.05) is 6.07 Å². The summed E-state index contributed by atoms with van der Waals surface area (Å²) in [6.45, 7) is 0.0470. The fourth-order valence-electron chi connectivity index (χ4n) is 1.17. The first-order valence-electron chi connectivity index (χ1n) is 4.39. The standard InChI is InChI=1S/C10H13NO4/c1-15-10(14)7-4-6(9(13)5-11)2-3-8(7)12/h2-4,9,12-13H,5,11H2,1H3/t9-/m0/s1. The molecule has 0 unspecified atom stereocenters. The maximum Gasteiger partial charge on any atom is 0.341 e. The molecule has 0 amide bonds. The lowest BCUT2D eigenvalue weighted by Crippen LogP contribution is -2.12. The van der Waals surface area contributed by atoms with Crippen molar-refractivity contribution in [2.75, 3.05) is 13.7 Å². The Morgan fingerprint density at radius 3 is 2.80 bits per heavy atom. The first kappa shape index (κ1) is 11.5. The number of phenols is 1. The molecule has 5 nitrogen and oxygen atoms in total. The van der Waals surface area contributed by atoms with Crippen LogP contribution in [0.3, 0.4) is 0 Å². The van der Waals surface area contributed by atoms with Gasteiger partial charge in [0.05, 0.1) is 13.2 Å². The number of carbonyl (C=O) groups is 1. The third-order valence-electron chi connectivity index (χ3n) is 2.03. The lowest BCUT2D eigenvalue weighted by Gasteiger charge is -2.10. The number of methoxy groups -OCH3 is 1. The number of carbonyl (C=O) groups excluding carboxylic acids is 1. The second-order valence-corrected chi connectivity index (χ2v) is 3.02. The highest BCUT2D eigenvalue weighted by molar-refractivity contribution is 5.92. The molecule has 1 aromatic rings. The van der Waals surface area contributed by atoms with E-state index in [0.717, 1.165) is 0 Å². The van der Waals surface area contributed by atoms with Crippen molar-refractivity contribution < 1.29 is 19.7 Å². The van der Waals surface area contributed by atoms with Gasteiger partial charge in [-0.15, -0.1) is 0 Å². The van der Waals surface area contributed by atoms with E-state index in [9.17, 15) is 15.0 Å². The number of hydrogen-bond donors (Lipinski definition) is 3. The number of esters is 1. The van der Waals surface area contributed by atoms with E-state index in [1.165, 1.54) is 25.3 Å². The fraction of sp³-hybridized carbons (Fsp3) is 0.300. The van der Waals surface area contributed by atoms with Crippen molar-refractivity contribution in [3.63, 3.8) is 0 Å². The predicted molar refractivity (Wildman–Crippen MR) is 53.5 cm³/mol. The summed E-state index contributed by atoms with van der Waals surface area (Å²) in [4.78, 5) is 11.2. The normalized spacial score (nSPS) is 12.2. The number of nitrogens with two attached hydrogens (primary N) is 1. The van der Waals surface area contributed by atoms with Crippen molar-refractivity contribution in [3.05, 3.63) is 29.3 Å². The molecule has 0 fully saturated rings. The largest absolute Gasteiger partial charge is 0.507 e. The lowest BCUT2D eigenvalue weighted by atomic mass is 10.1. The van der Waals surface area contributed by atoms with Gasteiger partial charge >= 0.3 is 5.97 Å². The Kier molecular flexibility index (Phi) is 3.65. The number of ether oxygens (including phenoxy) is 1. The zero-order valence-electron chi connectivity index (χ0n) is 8.30. The van der Waals surface area contributed by atoms with Crippen LogP contribution in [0.15, 0.2) is 18.2 Å². The number of aromatic hydroxyl groups is 1. The van der Waals surface area contributed by atoms with Gasteiger partial charge in [0.15, 0.2) is 0 Å². The van der Waals surface area contributed by atoms with Crippen LogP contribution in [-0.2, 0) is 4.74 Å². The molecule has 0 radical (unpaired) electrons. The second-order valence-electron chi connectivity index (χ2n) is 3.02. The van der Waals surface area contributed by atoms with Crippen LogP contribution in [-0.4, -0.2) is 29.8 Å². The van der Waals surface area contributed by atoms with Crippen molar-refractivity contribution in [2.45, 2.75) is 6.10 Å². The van der Waals surface area contributed by atoms with Crippen LogP contribution in [0.25, 0.3) is 0 Å². The van der Waals surface area contributed by atoms with Gasteiger partial charge in [0.1, 0.15) is 11.3 Å². The predicted octanol–water partition coefficient (Wildman–Crippen LogP) is 0.171. The summed E-state index contributed by atoms with van der Waals surface area (Å²) in [5.74, 6) is -0.839. The number of rotatable bonds is 3. The minimum atomic E-state index is -0.853. The number of hydrogen-bond acceptors (Lipinski definition) is 5. The highest BCUT2D eigenvalue weighted by Crippen LogP contribution is 2.22. The number of benzene rings is 1. The average molecular weight is 211 g/mol. The Labute approximate surface area is 87.1 Å². The van der Waals surface area contributed by atoms with E-state index in [-0.39, 0.29) is 17.9 Å². The van der Waals surface area contributed by atoms with Gasteiger partial charge in [0, 0.05) is 6.54 Å². The molecule has 0 saturated carbocycles. The molecule has 1 rings (SSSR count). The van der Waals surface area contributed by atoms with E-state index in [4.69, 9.17) is 5.73 Å². The van der Waals surface area contributed by atoms with E-state index in [1.54, 1.807) is 0 Å². The minimum absolute atomic E-state index is 0.0162. The molecule has 0 bridgehead atoms. The highest BCUT2D eigenvalue weighted by atomic mass is 16.5. The van der Waals surface area contributed by atoms with Crippen LogP contribution in [0.5, 0.6) is 5.75 Å². The Hall–Kier alpha value is -1.59. The molecule has 1 atom stereocenters. The maximum absolute atomic E-state index is 11.2. The number of aliphatic hydroxyl groups is 1. The molecule has 15 heavy (non-hydrogen) atoms. The monoisotopic (exact) mass is 211 g/mol. The summed E-state index contributed by atoms with van der Waals surface area (Å²) in [5.41, 5.74) is 5.76. The quantitative estimate of drug-likeness (QED) is 0.620. The third kappa shape index (κ3) is 2.45. The Morgan fingerprint density at radius 1 is 1.60 bits per heavy atom. The van der Waals surface area contributed by atoms with Gasteiger partial charge < -0.3 is 20.7 Å². The van der Waals surface area contributed by atoms with Crippen molar-refractivity contribution >= 4 is 5.97 Å². The molecule has 1 aromatic carbocycles. The van der Waals surface area contributed by atoms with Crippen molar-refractivity contribution in [1.82, 2.24) is 0 Å². The summed E-state index contributed by atoms with van der Waals surface area (Å²) in [6.07, 6.45) is -0.853. The third-order valence-corrected chi connectivity index (χ3v) is 2.03. The van der Waals surface area contributed by atoms with Gasteiger partial charge in [-0.3, -0.25) is 0 Å². The smallest absolute Gasteiger partial charge is 0.341 e. The van der Waals surface area contributed by atoms with Gasteiger partial charge in [-0.05, 0) is 17.7 Å². The van der Waals surface area contributed by atoms with Gasteiger partial charge in [0.2, 0.25) is 0 Å². The van der Waals surface area contributed by atoms with Crippen LogP contribution >= 0.6 is 0 Å².